The van der Waals surface area contributed by atoms with Crippen molar-refractivity contribution in [1.29, 1.82) is 0 Å². The summed E-state index contributed by atoms with van der Waals surface area (Å²) in [5.74, 6) is 0.774. The zero-order valence-corrected chi connectivity index (χ0v) is 8.58. The van der Waals surface area contributed by atoms with Crippen molar-refractivity contribution in [3.8, 4) is 0 Å². The monoisotopic (exact) mass is 185 g/mol. The zero-order valence-electron chi connectivity index (χ0n) is 8.58. The molecular weight excluding hydrogens is 166 g/mol. The second-order valence-electron chi connectivity index (χ2n) is 3.90. The molecule has 0 aromatic carbocycles. The first-order valence-corrected chi connectivity index (χ1v) is 4.97. The highest BCUT2D eigenvalue weighted by atomic mass is 16.5. The van der Waals surface area contributed by atoms with Crippen LogP contribution in [-0.2, 0) is 9.53 Å². The number of likely N-dealkylation sites (N-methyl/N-ethyl adjacent to an activating group) is 1. The molecule has 76 valence electrons. The van der Waals surface area contributed by atoms with Crippen LogP contribution in [0.25, 0.3) is 0 Å². The van der Waals surface area contributed by atoms with Crippen molar-refractivity contribution in [1.82, 2.24) is 4.90 Å². The van der Waals surface area contributed by atoms with E-state index in [1.165, 1.54) is 32.8 Å². The van der Waals surface area contributed by atoms with E-state index in [2.05, 4.69) is 4.74 Å². The van der Waals surface area contributed by atoms with E-state index in [4.69, 9.17) is 0 Å². The van der Waals surface area contributed by atoms with Gasteiger partial charge >= 0.3 is 5.97 Å². The van der Waals surface area contributed by atoms with Crippen molar-refractivity contribution in [2.24, 2.45) is 5.92 Å². The Bertz CT molecular complexity index is 166. The summed E-state index contributed by atoms with van der Waals surface area (Å²) in [4.78, 5) is 12.9. The average Bonchev–Trinajstić information content (AvgIpc) is 2.01. The summed E-state index contributed by atoms with van der Waals surface area (Å²) in [7, 11) is 3.40. The molecule has 0 aliphatic heterocycles. The van der Waals surface area contributed by atoms with Crippen LogP contribution in [0.5, 0.6) is 0 Å². The molecular formula is C10H19NO2. The minimum absolute atomic E-state index is 0.142. The second-order valence-corrected chi connectivity index (χ2v) is 3.90. The van der Waals surface area contributed by atoms with Crippen molar-refractivity contribution in [3.05, 3.63) is 0 Å². The molecule has 0 aromatic rings. The smallest absolute Gasteiger partial charge is 0.319 e. The summed E-state index contributed by atoms with van der Waals surface area (Å²) < 4.78 is 4.59. The molecule has 1 fully saturated rings. The number of methoxy groups -OCH3 is 1. The first-order chi connectivity index (χ1) is 6.22. The van der Waals surface area contributed by atoms with Gasteiger partial charge in [-0.2, -0.15) is 0 Å². The minimum atomic E-state index is -0.142. The van der Waals surface area contributed by atoms with E-state index in [1.807, 2.05) is 11.9 Å². The first-order valence-electron chi connectivity index (χ1n) is 4.97. The fraction of sp³-hybridized carbons (Fsp3) is 0.900. The lowest BCUT2D eigenvalue weighted by Crippen LogP contribution is -2.29. The molecule has 0 aromatic heterocycles. The lowest BCUT2D eigenvalue weighted by atomic mass is 9.83. The number of carbonyl (C=O) groups excluding carboxylic acids is 1. The van der Waals surface area contributed by atoms with E-state index in [9.17, 15) is 4.79 Å². The number of hydrogen-bond donors (Lipinski definition) is 0. The molecule has 0 atom stereocenters. The van der Waals surface area contributed by atoms with Crippen LogP contribution in [0, 0.1) is 5.92 Å². The van der Waals surface area contributed by atoms with Gasteiger partial charge in [-0.15, -0.1) is 0 Å². The van der Waals surface area contributed by atoms with Crippen LogP contribution < -0.4 is 0 Å². The van der Waals surface area contributed by atoms with Gasteiger partial charge in [0.25, 0.3) is 0 Å². The van der Waals surface area contributed by atoms with Crippen LogP contribution >= 0.6 is 0 Å². The Morgan fingerprint density at radius 3 is 2.69 bits per heavy atom. The molecule has 0 amide bonds. The number of carbonyl (C=O) groups is 1. The van der Waals surface area contributed by atoms with Crippen LogP contribution in [0.4, 0.5) is 0 Å². The average molecular weight is 185 g/mol. The molecule has 0 radical (unpaired) electrons. The van der Waals surface area contributed by atoms with Crippen LogP contribution in [0.15, 0.2) is 0 Å². The minimum Gasteiger partial charge on any atom is -0.468 e. The van der Waals surface area contributed by atoms with Crippen molar-refractivity contribution < 1.29 is 9.53 Å². The third kappa shape index (κ3) is 3.77. The van der Waals surface area contributed by atoms with E-state index in [1.54, 1.807) is 0 Å². The lowest BCUT2D eigenvalue weighted by Gasteiger charge is -2.27. The highest BCUT2D eigenvalue weighted by molar-refractivity contribution is 5.71. The van der Waals surface area contributed by atoms with E-state index < -0.39 is 0 Å². The molecule has 13 heavy (non-hydrogen) atoms. The summed E-state index contributed by atoms with van der Waals surface area (Å²) in [5, 5.41) is 0. The number of ether oxygens (including phenoxy) is 1. The Kier molecular flexibility index (Phi) is 4.22. The largest absolute Gasteiger partial charge is 0.468 e. The number of rotatable bonds is 5. The van der Waals surface area contributed by atoms with E-state index >= 15 is 0 Å². The van der Waals surface area contributed by atoms with Crippen molar-refractivity contribution in [3.63, 3.8) is 0 Å². The van der Waals surface area contributed by atoms with Gasteiger partial charge < -0.3 is 4.74 Å². The molecule has 0 saturated heterocycles. The third-order valence-corrected chi connectivity index (χ3v) is 2.77. The maximum atomic E-state index is 10.9. The number of hydrogen-bond acceptors (Lipinski definition) is 3. The SMILES string of the molecule is COC(=O)CN(C)CCC1CCC1. The Hall–Kier alpha value is -0.570. The standard InChI is InChI=1S/C10H19NO2/c1-11(8-10(12)13-2)7-6-9-4-3-5-9/h9H,3-8H2,1-2H3. The molecule has 0 spiro atoms. The maximum Gasteiger partial charge on any atom is 0.319 e. The summed E-state index contributed by atoms with van der Waals surface area (Å²) in [5.41, 5.74) is 0. The molecule has 0 unspecified atom stereocenters. The van der Waals surface area contributed by atoms with Gasteiger partial charge in [-0.05, 0) is 25.9 Å². The molecule has 0 heterocycles. The second kappa shape index (κ2) is 5.22. The van der Waals surface area contributed by atoms with Gasteiger partial charge in [0.2, 0.25) is 0 Å². The Balaban J connectivity index is 2.02. The summed E-state index contributed by atoms with van der Waals surface area (Å²) in [6, 6.07) is 0. The molecule has 3 nitrogen and oxygen atoms in total. The highest BCUT2D eigenvalue weighted by Crippen LogP contribution is 2.29. The third-order valence-electron chi connectivity index (χ3n) is 2.77. The topological polar surface area (TPSA) is 29.5 Å². The van der Waals surface area contributed by atoms with Gasteiger partial charge in [0.05, 0.1) is 13.7 Å². The number of nitrogens with zero attached hydrogens (tertiary/aromatic N) is 1. The zero-order chi connectivity index (χ0) is 9.68. The van der Waals surface area contributed by atoms with E-state index in [0.29, 0.717) is 6.54 Å². The predicted molar refractivity (Wildman–Crippen MR) is 51.5 cm³/mol. The van der Waals surface area contributed by atoms with Gasteiger partial charge in [0.1, 0.15) is 0 Å². The molecule has 1 saturated carbocycles. The van der Waals surface area contributed by atoms with Gasteiger partial charge in [-0.1, -0.05) is 19.3 Å². The van der Waals surface area contributed by atoms with Gasteiger partial charge in [0.15, 0.2) is 0 Å². The molecule has 1 aliphatic rings. The Morgan fingerprint density at radius 2 is 2.23 bits per heavy atom. The molecule has 3 heteroatoms. The first kappa shape index (κ1) is 10.5. The predicted octanol–water partition coefficient (Wildman–Crippen LogP) is 1.28. The van der Waals surface area contributed by atoms with Crippen LogP contribution in [0.3, 0.4) is 0 Å². The Morgan fingerprint density at radius 1 is 1.54 bits per heavy atom. The van der Waals surface area contributed by atoms with Gasteiger partial charge in [0, 0.05) is 0 Å². The van der Waals surface area contributed by atoms with Crippen molar-refractivity contribution >= 4 is 5.97 Å². The van der Waals surface area contributed by atoms with Crippen molar-refractivity contribution in [2.45, 2.75) is 25.7 Å². The Labute approximate surface area is 80.1 Å². The van der Waals surface area contributed by atoms with Crippen LogP contribution in [0.1, 0.15) is 25.7 Å². The van der Waals surface area contributed by atoms with Crippen LogP contribution in [-0.4, -0.2) is 38.1 Å². The highest BCUT2D eigenvalue weighted by Gasteiger charge is 2.17. The maximum absolute atomic E-state index is 10.9. The molecule has 1 rings (SSSR count). The summed E-state index contributed by atoms with van der Waals surface area (Å²) >= 11 is 0. The number of esters is 1. The quantitative estimate of drug-likeness (QED) is 0.604. The van der Waals surface area contributed by atoms with Gasteiger partial charge in [-0.25, -0.2) is 0 Å². The van der Waals surface area contributed by atoms with E-state index in [-0.39, 0.29) is 5.97 Å². The molecule has 1 aliphatic carbocycles. The molecule has 0 N–H and O–H groups in total. The fourth-order valence-electron chi connectivity index (χ4n) is 1.55. The summed E-state index contributed by atoms with van der Waals surface area (Å²) in [6.07, 6.45) is 5.39. The van der Waals surface area contributed by atoms with E-state index in [0.717, 1.165) is 12.5 Å². The van der Waals surface area contributed by atoms with Crippen LogP contribution in [0.2, 0.25) is 0 Å². The fourth-order valence-corrected chi connectivity index (χ4v) is 1.55. The van der Waals surface area contributed by atoms with Gasteiger partial charge in [-0.3, -0.25) is 9.69 Å². The lowest BCUT2D eigenvalue weighted by molar-refractivity contribution is -0.141. The summed E-state index contributed by atoms with van der Waals surface area (Å²) in [6.45, 7) is 1.43. The normalized spacial score (nSPS) is 17.2. The molecule has 0 bridgehead atoms. The van der Waals surface area contributed by atoms with Crippen molar-refractivity contribution in [2.75, 3.05) is 27.2 Å².